The zero-order valence-electron chi connectivity index (χ0n) is 25.0. The van der Waals surface area contributed by atoms with Crippen LogP contribution in [-0.4, -0.2) is 49.1 Å². The van der Waals surface area contributed by atoms with Crippen LogP contribution in [0.25, 0.3) is 0 Å². The number of benzene rings is 3. The summed E-state index contributed by atoms with van der Waals surface area (Å²) in [4.78, 5) is 42.8. The van der Waals surface area contributed by atoms with Crippen LogP contribution in [0.4, 0.5) is 4.39 Å². The molecule has 3 aromatic rings. The van der Waals surface area contributed by atoms with Crippen molar-refractivity contribution < 1.29 is 28.2 Å². The van der Waals surface area contributed by atoms with Crippen LogP contribution in [0.5, 0.6) is 5.75 Å². The Morgan fingerprint density at radius 2 is 1.48 bits per heavy atom. The summed E-state index contributed by atoms with van der Waals surface area (Å²) in [7, 11) is 0. The first-order valence-corrected chi connectivity index (χ1v) is 15.6. The van der Waals surface area contributed by atoms with Crippen molar-refractivity contribution in [3.8, 4) is 5.75 Å². The Hall–Kier alpha value is -4.20. The molecule has 1 aliphatic heterocycles. The number of hydrogen-bond donors (Lipinski definition) is 1. The number of halogens is 1. The van der Waals surface area contributed by atoms with Crippen LogP contribution in [0, 0.1) is 17.8 Å². The topological polar surface area (TPSA) is 84.9 Å². The Balaban J connectivity index is 1.32. The Morgan fingerprint density at radius 3 is 2.11 bits per heavy atom. The van der Waals surface area contributed by atoms with Crippen LogP contribution < -0.4 is 10.1 Å². The van der Waals surface area contributed by atoms with Crippen molar-refractivity contribution in [2.45, 2.75) is 51.2 Å². The van der Waals surface area contributed by atoms with Gasteiger partial charge in [0.2, 0.25) is 12.0 Å². The number of likely N-dealkylation sites (tertiary alicyclic amines) is 1. The molecule has 7 nitrogen and oxygen atoms in total. The molecular weight excluding hydrogens is 559 g/mol. The third-order valence-electron chi connectivity index (χ3n) is 8.72. The summed E-state index contributed by atoms with van der Waals surface area (Å²) in [6, 6.07) is 25.5. The zero-order valence-corrected chi connectivity index (χ0v) is 25.0. The van der Waals surface area contributed by atoms with E-state index in [2.05, 4.69) is 5.32 Å². The lowest BCUT2D eigenvalue weighted by molar-refractivity contribution is -0.162. The number of carbonyl (C=O) groups is 3. The standard InChI is InChI=1S/C36H41FN2O5/c37-19-20-43-32-17-15-26(16-18-32)21-31(22-33(40)39-24-29-13-7-8-14-30(29)25-39)36(42)44-34(28-11-5-2-6-12-28)35(41)38-23-27-9-3-1-4-10-27/h1-6,9-12,15-18,29-31,34H,7-8,13-14,19-25H2,(H,38,41)/t29-,30+,31?,34-/m0/s1. The van der Waals surface area contributed by atoms with E-state index < -0.39 is 30.6 Å². The summed E-state index contributed by atoms with van der Waals surface area (Å²) in [6.07, 6.45) is 3.78. The Labute approximate surface area is 258 Å². The first-order chi connectivity index (χ1) is 21.5. The average molecular weight is 601 g/mol. The highest BCUT2D eigenvalue weighted by Gasteiger charge is 2.38. The predicted octanol–water partition coefficient (Wildman–Crippen LogP) is 5.83. The van der Waals surface area contributed by atoms with Crippen LogP contribution >= 0.6 is 0 Å². The highest BCUT2D eigenvalue weighted by atomic mass is 19.1. The number of nitrogens with zero attached hydrogens (tertiary/aromatic N) is 1. The van der Waals surface area contributed by atoms with Crippen LogP contribution in [0.1, 0.15) is 54.9 Å². The number of nitrogens with one attached hydrogen (secondary N) is 1. The van der Waals surface area contributed by atoms with Gasteiger partial charge in [0.25, 0.3) is 5.91 Å². The number of alkyl halides is 1. The number of esters is 1. The number of amides is 2. The summed E-state index contributed by atoms with van der Waals surface area (Å²) in [6.45, 7) is 1.14. The van der Waals surface area contributed by atoms with Crippen molar-refractivity contribution in [2.75, 3.05) is 26.4 Å². The van der Waals surface area contributed by atoms with E-state index in [1.165, 1.54) is 12.8 Å². The van der Waals surface area contributed by atoms with E-state index in [1.54, 1.807) is 36.4 Å². The number of ether oxygens (including phenoxy) is 2. The second-order valence-electron chi connectivity index (χ2n) is 11.8. The lowest BCUT2D eigenvalue weighted by Crippen LogP contribution is -2.36. The van der Waals surface area contributed by atoms with Gasteiger partial charge in [0.15, 0.2) is 0 Å². The molecule has 2 amide bonds. The maximum Gasteiger partial charge on any atom is 0.310 e. The first kappa shape index (κ1) is 31.2. The van der Waals surface area contributed by atoms with Crippen molar-refractivity contribution >= 4 is 17.8 Å². The van der Waals surface area contributed by atoms with E-state index in [0.717, 1.165) is 37.1 Å². The molecule has 0 bridgehead atoms. The number of rotatable bonds is 13. The smallest absolute Gasteiger partial charge is 0.310 e. The van der Waals surface area contributed by atoms with Gasteiger partial charge in [-0.3, -0.25) is 14.4 Å². The number of hydrogen-bond acceptors (Lipinski definition) is 5. The van der Waals surface area contributed by atoms with Gasteiger partial charge in [-0.2, -0.15) is 0 Å². The van der Waals surface area contributed by atoms with Crippen molar-refractivity contribution in [3.63, 3.8) is 0 Å². The van der Waals surface area contributed by atoms with E-state index in [9.17, 15) is 18.8 Å². The molecule has 3 aromatic carbocycles. The third-order valence-corrected chi connectivity index (χ3v) is 8.72. The van der Waals surface area contributed by atoms with Gasteiger partial charge in [-0.25, -0.2) is 4.39 Å². The molecule has 232 valence electrons. The molecule has 1 unspecified atom stereocenters. The second kappa shape index (κ2) is 15.5. The molecule has 1 aliphatic carbocycles. The third kappa shape index (κ3) is 8.46. The lowest BCUT2D eigenvalue weighted by Gasteiger charge is -2.24. The molecule has 44 heavy (non-hydrogen) atoms. The monoisotopic (exact) mass is 600 g/mol. The van der Waals surface area contributed by atoms with E-state index in [0.29, 0.717) is 23.1 Å². The molecule has 1 N–H and O–H groups in total. The van der Waals surface area contributed by atoms with Gasteiger partial charge in [-0.1, -0.05) is 85.6 Å². The van der Waals surface area contributed by atoms with Crippen molar-refractivity contribution in [3.05, 3.63) is 102 Å². The molecule has 0 radical (unpaired) electrons. The first-order valence-electron chi connectivity index (χ1n) is 15.6. The fourth-order valence-corrected chi connectivity index (χ4v) is 6.34. The Kier molecular flexibility index (Phi) is 11.0. The van der Waals surface area contributed by atoms with Crippen LogP contribution in [0.2, 0.25) is 0 Å². The Bertz CT molecular complexity index is 1350. The molecule has 8 heteroatoms. The minimum Gasteiger partial charge on any atom is -0.491 e. The number of carbonyl (C=O) groups excluding carboxylic acids is 3. The van der Waals surface area contributed by atoms with Gasteiger partial charge in [0.05, 0.1) is 5.92 Å². The summed E-state index contributed by atoms with van der Waals surface area (Å²) < 4.78 is 23.9. The van der Waals surface area contributed by atoms with E-state index in [1.807, 2.05) is 53.4 Å². The van der Waals surface area contributed by atoms with Gasteiger partial charge in [0, 0.05) is 31.6 Å². The largest absolute Gasteiger partial charge is 0.491 e. The maximum absolute atomic E-state index is 13.9. The molecule has 0 aromatic heterocycles. The van der Waals surface area contributed by atoms with Crippen molar-refractivity contribution in [1.29, 1.82) is 0 Å². The van der Waals surface area contributed by atoms with Crippen molar-refractivity contribution in [1.82, 2.24) is 10.2 Å². The maximum atomic E-state index is 13.9. The molecular formula is C36H41FN2O5. The molecule has 5 rings (SSSR count). The van der Waals surface area contributed by atoms with Crippen molar-refractivity contribution in [2.24, 2.45) is 17.8 Å². The number of fused-ring (bicyclic) bond motifs is 1. The summed E-state index contributed by atoms with van der Waals surface area (Å²) in [5.74, 6) is -0.296. The van der Waals surface area contributed by atoms with Gasteiger partial charge >= 0.3 is 5.97 Å². The summed E-state index contributed by atoms with van der Waals surface area (Å²) >= 11 is 0. The molecule has 4 atom stereocenters. The normalized spacial score (nSPS) is 19.0. The summed E-state index contributed by atoms with van der Waals surface area (Å²) in [5, 5.41) is 2.90. The molecule has 1 saturated carbocycles. The Morgan fingerprint density at radius 1 is 0.841 bits per heavy atom. The second-order valence-corrected chi connectivity index (χ2v) is 11.8. The van der Waals surface area contributed by atoms with E-state index >= 15 is 0 Å². The van der Waals surface area contributed by atoms with Crippen LogP contribution in [0.15, 0.2) is 84.9 Å². The van der Waals surface area contributed by atoms with Gasteiger partial charge < -0.3 is 19.7 Å². The molecule has 2 aliphatic rings. The van der Waals surface area contributed by atoms with Crippen LogP contribution in [-0.2, 0) is 32.1 Å². The average Bonchev–Trinajstić information content (AvgIpc) is 3.51. The van der Waals surface area contributed by atoms with E-state index in [-0.39, 0.29) is 31.9 Å². The minimum absolute atomic E-state index is 0.00841. The van der Waals surface area contributed by atoms with Gasteiger partial charge in [-0.05, 0) is 54.4 Å². The fraction of sp³-hybridized carbons (Fsp3) is 0.417. The summed E-state index contributed by atoms with van der Waals surface area (Å²) in [5.41, 5.74) is 2.29. The predicted molar refractivity (Wildman–Crippen MR) is 165 cm³/mol. The highest BCUT2D eigenvalue weighted by Crippen LogP contribution is 2.36. The zero-order chi connectivity index (χ0) is 30.7. The van der Waals surface area contributed by atoms with Crippen LogP contribution in [0.3, 0.4) is 0 Å². The highest BCUT2D eigenvalue weighted by molar-refractivity contribution is 5.87. The van der Waals surface area contributed by atoms with Gasteiger partial charge in [0.1, 0.15) is 19.0 Å². The molecule has 1 heterocycles. The SMILES string of the molecule is O=C(O[C@H](C(=O)NCc1ccccc1)c1ccccc1)C(CC(=O)N1C[C@H]2CCCC[C@H]2C1)Cc1ccc(OCCF)cc1. The minimum atomic E-state index is -1.17. The van der Waals surface area contributed by atoms with E-state index in [4.69, 9.17) is 9.47 Å². The molecule has 1 saturated heterocycles. The molecule has 0 spiro atoms. The fourth-order valence-electron chi connectivity index (χ4n) is 6.34. The quantitative estimate of drug-likeness (QED) is 0.250. The van der Waals surface area contributed by atoms with Gasteiger partial charge in [-0.15, -0.1) is 0 Å². The molecule has 2 fully saturated rings. The lowest BCUT2D eigenvalue weighted by atomic mass is 9.82.